The Morgan fingerprint density at radius 2 is 2.24 bits per heavy atom. The molecule has 0 fully saturated rings. The van der Waals surface area contributed by atoms with Gasteiger partial charge in [0.2, 0.25) is 0 Å². The molecular formula is C16H18N4O. The van der Waals surface area contributed by atoms with Crippen molar-refractivity contribution in [2.24, 2.45) is 0 Å². The van der Waals surface area contributed by atoms with Gasteiger partial charge in [-0.05, 0) is 36.6 Å². The first-order valence-corrected chi connectivity index (χ1v) is 7.47. The van der Waals surface area contributed by atoms with Gasteiger partial charge in [-0.25, -0.2) is 4.98 Å². The standard InChI is InChI=1S/C16H18N4O/c21-16(20-9-8-19-7-6-18-15(19)11-20)13-3-4-14-12(10-13)2-1-5-17-14/h3-4,6-7,10,17H,1-2,5,8-9,11H2. The van der Waals surface area contributed by atoms with Crippen molar-refractivity contribution in [3.8, 4) is 0 Å². The molecule has 0 radical (unpaired) electrons. The van der Waals surface area contributed by atoms with Crippen LogP contribution in [-0.4, -0.2) is 33.4 Å². The summed E-state index contributed by atoms with van der Waals surface area (Å²) < 4.78 is 2.11. The predicted molar refractivity (Wildman–Crippen MR) is 80.2 cm³/mol. The fourth-order valence-electron chi connectivity index (χ4n) is 3.14. The van der Waals surface area contributed by atoms with Crippen LogP contribution in [0.5, 0.6) is 0 Å². The van der Waals surface area contributed by atoms with E-state index in [1.807, 2.05) is 29.3 Å². The smallest absolute Gasteiger partial charge is 0.254 e. The third-order valence-corrected chi connectivity index (χ3v) is 4.32. The highest BCUT2D eigenvalue weighted by Gasteiger charge is 2.23. The van der Waals surface area contributed by atoms with Crippen molar-refractivity contribution in [1.29, 1.82) is 0 Å². The molecule has 1 aromatic heterocycles. The number of amides is 1. The molecule has 0 saturated heterocycles. The Morgan fingerprint density at radius 3 is 3.19 bits per heavy atom. The fourth-order valence-corrected chi connectivity index (χ4v) is 3.14. The predicted octanol–water partition coefficient (Wildman–Crippen LogP) is 1.90. The number of hydrogen-bond acceptors (Lipinski definition) is 3. The molecule has 21 heavy (non-hydrogen) atoms. The summed E-state index contributed by atoms with van der Waals surface area (Å²) in [5, 5.41) is 3.38. The van der Waals surface area contributed by atoms with Crippen molar-refractivity contribution < 1.29 is 4.79 Å². The Balaban J connectivity index is 1.58. The van der Waals surface area contributed by atoms with Crippen LogP contribution in [0.15, 0.2) is 30.6 Å². The van der Waals surface area contributed by atoms with Crippen molar-refractivity contribution in [2.45, 2.75) is 25.9 Å². The molecule has 2 aromatic rings. The average Bonchev–Trinajstić information content (AvgIpc) is 3.01. The number of fused-ring (bicyclic) bond motifs is 2. The number of rotatable bonds is 1. The normalized spacial score (nSPS) is 16.9. The van der Waals surface area contributed by atoms with Gasteiger partial charge in [0.1, 0.15) is 5.82 Å². The molecule has 4 rings (SSSR count). The summed E-state index contributed by atoms with van der Waals surface area (Å²) in [6, 6.07) is 6.01. The van der Waals surface area contributed by atoms with Gasteiger partial charge in [0.15, 0.2) is 0 Å². The minimum Gasteiger partial charge on any atom is -0.385 e. The van der Waals surface area contributed by atoms with Crippen LogP contribution in [0.4, 0.5) is 5.69 Å². The second-order valence-corrected chi connectivity index (χ2v) is 5.67. The van der Waals surface area contributed by atoms with Gasteiger partial charge in [0.05, 0.1) is 6.54 Å². The second-order valence-electron chi connectivity index (χ2n) is 5.67. The molecule has 0 aliphatic carbocycles. The number of nitrogens with zero attached hydrogens (tertiary/aromatic N) is 3. The van der Waals surface area contributed by atoms with E-state index in [0.717, 1.165) is 43.9 Å². The van der Waals surface area contributed by atoms with E-state index in [-0.39, 0.29) is 5.91 Å². The number of imidazole rings is 1. The number of aromatic nitrogens is 2. The van der Waals surface area contributed by atoms with E-state index in [4.69, 9.17) is 0 Å². The minimum atomic E-state index is 0.109. The van der Waals surface area contributed by atoms with E-state index >= 15 is 0 Å². The fraction of sp³-hybridized carbons (Fsp3) is 0.375. The van der Waals surface area contributed by atoms with Crippen LogP contribution in [0.3, 0.4) is 0 Å². The van der Waals surface area contributed by atoms with Crippen LogP contribution in [-0.2, 0) is 19.5 Å². The van der Waals surface area contributed by atoms with Crippen molar-refractivity contribution in [1.82, 2.24) is 14.5 Å². The summed E-state index contributed by atoms with van der Waals surface area (Å²) in [6.07, 6.45) is 5.95. The molecule has 1 amide bonds. The molecule has 1 aromatic carbocycles. The molecular weight excluding hydrogens is 264 g/mol. The first-order chi connectivity index (χ1) is 10.3. The van der Waals surface area contributed by atoms with Gasteiger partial charge in [-0.1, -0.05) is 0 Å². The summed E-state index contributed by atoms with van der Waals surface area (Å²) in [7, 11) is 0. The summed E-state index contributed by atoms with van der Waals surface area (Å²) in [5.41, 5.74) is 3.22. The largest absolute Gasteiger partial charge is 0.385 e. The SMILES string of the molecule is O=C(c1ccc2c(c1)CCCN2)N1CCn2ccnc2C1. The molecule has 1 N–H and O–H groups in total. The van der Waals surface area contributed by atoms with E-state index in [0.29, 0.717) is 6.54 Å². The maximum Gasteiger partial charge on any atom is 0.254 e. The van der Waals surface area contributed by atoms with E-state index in [1.54, 1.807) is 6.20 Å². The molecule has 0 bridgehead atoms. The molecule has 0 spiro atoms. The van der Waals surface area contributed by atoms with Gasteiger partial charge in [-0.15, -0.1) is 0 Å². The van der Waals surface area contributed by atoms with Crippen LogP contribution < -0.4 is 5.32 Å². The molecule has 2 aliphatic heterocycles. The lowest BCUT2D eigenvalue weighted by molar-refractivity contribution is 0.0707. The highest BCUT2D eigenvalue weighted by Crippen LogP contribution is 2.24. The average molecular weight is 282 g/mol. The van der Waals surface area contributed by atoms with Gasteiger partial charge in [-0.2, -0.15) is 0 Å². The maximum atomic E-state index is 12.7. The van der Waals surface area contributed by atoms with E-state index < -0.39 is 0 Å². The van der Waals surface area contributed by atoms with Crippen LogP contribution in [0.25, 0.3) is 0 Å². The topological polar surface area (TPSA) is 50.2 Å². The van der Waals surface area contributed by atoms with E-state index in [9.17, 15) is 4.79 Å². The van der Waals surface area contributed by atoms with Crippen LogP contribution in [0, 0.1) is 0 Å². The molecule has 0 unspecified atom stereocenters. The van der Waals surface area contributed by atoms with Crippen molar-refractivity contribution in [3.05, 3.63) is 47.5 Å². The zero-order valence-electron chi connectivity index (χ0n) is 11.9. The minimum absolute atomic E-state index is 0.109. The number of hydrogen-bond donors (Lipinski definition) is 1. The second kappa shape index (κ2) is 4.91. The number of aryl methyl sites for hydroxylation is 1. The third-order valence-electron chi connectivity index (χ3n) is 4.32. The van der Waals surface area contributed by atoms with Crippen LogP contribution in [0.2, 0.25) is 0 Å². The number of carbonyl (C=O) groups excluding carboxylic acids is 1. The van der Waals surface area contributed by atoms with Gasteiger partial charge < -0.3 is 14.8 Å². The van der Waals surface area contributed by atoms with Crippen molar-refractivity contribution >= 4 is 11.6 Å². The Kier molecular flexibility index (Phi) is 2.91. The van der Waals surface area contributed by atoms with Gasteiger partial charge in [0.25, 0.3) is 5.91 Å². The van der Waals surface area contributed by atoms with Crippen molar-refractivity contribution in [2.75, 3.05) is 18.4 Å². The van der Waals surface area contributed by atoms with Crippen LogP contribution >= 0.6 is 0 Å². The van der Waals surface area contributed by atoms with Crippen LogP contribution in [0.1, 0.15) is 28.2 Å². The molecule has 5 heteroatoms. The Bertz CT molecular complexity index is 691. The number of benzene rings is 1. The first-order valence-electron chi connectivity index (χ1n) is 7.47. The maximum absolute atomic E-state index is 12.7. The number of anilines is 1. The molecule has 2 aliphatic rings. The van der Waals surface area contributed by atoms with E-state index in [2.05, 4.69) is 14.9 Å². The van der Waals surface area contributed by atoms with Gasteiger partial charge in [-0.3, -0.25) is 4.79 Å². The Morgan fingerprint density at radius 1 is 1.29 bits per heavy atom. The van der Waals surface area contributed by atoms with Gasteiger partial charge >= 0.3 is 0 Å². The summed E-state index contributed by atoms with van der Waals surface area (Å²) >= 11 is 0. The third kappa shape index (κ3) is 2.18. The number of nitrogens with one attached hydrogen (secondary N) is 1. The summed E-state index contributed by atoms with van der Waals surface area (Å²) in [5.74, 6) is 1.08. The highest BCUT2D eigenvalue weighted by molar-refractivity contribution is 5.95. The molecule has 5 nitrogen and oxygen atoms in total. The van der Waals surface area contributed by atoms with Gasteiger partial charge in [0, 0.05) is 43.3 Å². The zero-order valence-corrected chi connectivity index (χ0v) is 11.9. The monoisotopic (exact) mass is 282 g/mol. The van der Waals surface area contributed by atoms with E-state index in [1.165, 1.54) is 11.3 Å². The lowest BCUT2D eigenvalue weighted by Gasteiger charge is -2.28. The summed E-state index contributed by atoms with van der Waals surface area (Å²) in [4.78, 5) is 18.9. The zero-order chi connectivity index (χ0) is 14.2. The lowest BCUT2D eigenvalue weighted by Crippen LogP contribution is -2.38. The van der Waals surface area contributed by atoms with Crippen molar-refractivity contribution in [3.63, 3.8) is 0 Å². The highest BCUT2D eigenvalue weighted by atomic mass is 16.2. The lowest BCUT2D eigenvalue weighted by atomic mass is 10.0. The molecule has 0 atom stereocenters. The quantitative estimate of drug-likeness (QED) is 0.869. The number of carbonyl (C=O) groups is 1. The molecule has 0 saturated carbocycles. The molecule has 108 valence electrons. The first kappa shape index (κ1) is 12.4. The Hall–Kier alpha value is -2.30. The Labute approximate surface area is 123 Å². The molecule has 3 heterocycles. The summed E-state index contributed by atoms with van der Waals surface area (Å²) in [6.45, 7) is 3.20.